The predicted octanol–water partition coefficient (Wildman–Crippen LogP) is 1.76. The van der Waals surface area contributed by atoms with Crippen LogP contribution in [0.5, 0.6) is 0 Å². The van der Waals surface area contributed by atoms with E-state index < -0.39 is 0 Å². The maximum atomic E-state index is 4.60. The minimum Gasteiger partial charge on any atom is -0.307 e. The molecule has 1 aliphatic rings. The van der Waals surface area contributed by atoms with E-state index in [1.807, 2.05) is 32.2 Å². The van der Waals surface area contributed by atoms with Gasteiger partial charge in [0.1, 0.15) is 0 Å². The smallest absolute Gasteiger partial charge is 0.159 e. The first kappa shape index (κ1) is 10.4. The maximum absolute atomic E-state index is 4.60. The highest BCUT2D eigenvalue weighted by Crippen LogP contribution is 2.20. The standard InChI is InChI=1S/C13H14N4/c1-8-3-10(4-9(2)16-8)13-15-6-11-5-14-7-12(11)17-13/h3-4,6,14H,5,7H2,1-2H3. The Bertz CT molecular complexity index is 557. The second-order valence-electron chi connectivity index (χ2n) is 4.41. The molecule has 0 atom stereocenters. The average Bonchev–Trinajstić information content (AvgIpc) is 2.74. The molecule has 3 heterocycles. The number of aromatic nitrogens is 3. The van der Waals surface area contributed by atoms with Gasteiger partial charge in [0.05, 0.1) is 5.69 Å². The van der Waals surface area contributed by atoms with E-state index in [0.717, 1.165) is 41.6 Å². The monoisotopic (exact) mass is 226 g/mol. The van der Waals surface area contributed by atoms with Crippen molar-refractivity contribution in [3.8, 4) is 11.4 Å². The summed E-state index contributed by atoms with van der Waals surface area (Å²) in [6.45, 7) is 5.70. The van der Waals surface area contributed by atoms with E-state index in [-0.39, 0.29) is 0 Å². The lowest BCUT2D eigenvalue weighted by atomic mass is 10.1. The largest absolute Gasteiger partial charge is 0.307 e. The number of aryl methyl sites for hydroxylation is 2. The van der Waals surface area contributed by atoms with E-state index in [1.54, 1.807) is 0 Å². The molecule has 0 amide bonds. The lowest BCUT2D eigenvalue weighted by Gasteiger charge is -2.04. The molecular weight excluding hydrogens is 212 g/mol. The van der Waals surface area contributed by atoms with Crippen LogP contribution in [0.4, 0.5) is 0 Å². The van der Waals surface area contributed by atoms with Gasteiger partial charge in [0.25, 0.3) is 0 Å². The Hall–Kier alpha value is -1.81. The number of hydrogen-bond acceptors (Lipinski definition) is 4. The number of hydrogen-bond donors (Lipinski definition) is 1. The summed E-state index contributed by atoms with van der Waals surface area (Å²) < 4.78 is 0. The van der Waals surface area contributed by atoms with Gasteiger partial charge in [-0.25, -0.2) is 9.97 Å². The van der Waals surface area contributed by atoms with Gasteiger partial charge in [-0.05, 0) is 26.0 Å². The van der Waals surface area contributed by atoms with Gasteiger partial charge in [-0.15, -0.1) is 0 Å². The van der Waals surface area contributed by atoms with Crippen LogP contribution in [0, 0.1) is 13.8 Å². The van der Waals surface area contributed by atoms with Crippen molar-refractivity contribution in [1.82, 2.24) is 20.3 Å². The van der Waals surface area contributed by atoms with Crippen molar-refractivity contribution >= 4 is 0 Å². The van der Waals surface area contributed by atoms with Crippen LogP contribution in [0.25, 0.3) is 11.4 Å². The lowest BCUT2D eigenvalue weighted by molar-refractivity contribution is 0.758. The number of nitrogens with zero attached hydrogens (tertiary/aromatic N) is 3. The zero-order valence-electron chi connectivity index (χ0n) is 9.99. The number of pyridine rings is 1. The quantitative estimate of drug-likeness (QED) is 0.805. The predicted molar refractivity (Wildman–Crippen MR) is 65.3 cm³/mol. The summed E-state index contributed by atoms with van der Waals surface area (Å²) in [5, 5.41) is 3.27. The molecule has 2 aromatic heterocycles. The van der Waals surface area contributed by atoms with Crippen molar-refractivity contribution in [3.63, 3.8) is 0 Å². The molecule has 0 bridgehead atoms. The Labute approximate surface area is 100 Å². The molecule has 0 saturated heterocycles. The van der Waals surface area contributed by atoms with Crippen molar-refractivity contribution in [2.45, 2.75) is 26.9 Å². The van der Waals surface area contributed by atoms with Gasteiger partial charge in [-0.1, -0.05) is 0 Å². The molecule has 2 aromatic rings. The average molecular weight is 226 g/mol. The number of fused-ring (bicyclic) bond motifs is 1. The molecule has 3 rings (SSSR count). The maximum Gasteiger partial charge on any atom is 0.159 e. The molecule has 0 radical (unpaired) electrons. The molecule has 4 heteroatoms. The van der Waals surface area contributed by atoms with Crippen molar-refractivity contribution in [3.05, 3.63) is 41.0 Å². The Morgan fingerprint density at radius 2 is 1.82 bits per heavy atom. The molecule has 0 unspecified atom stereocenters. The highest BCUT2D eigenvalue weighted by molar-refractivity contribution is 5.56. The minimum atomic E-state index is 0.793. The van der Waals surface area contributed by atoms with Gasteiger partial charge in [-0.2, -0.15) is 0 Å². The van der Waals surface area contributed by atoms with Crippen molar-refractivity contribution in [2.75, 3.05) is 0 Å². The van der Waals surface area contributed by atoms with Crippen LogP contribution in [0.15, 0.2) is 18.3 Å². The zero-order chi connectivity index (χ0) is 11.8. The Balaban J connectivity index is 2.09. The molecule has 1 N–H and O–H groups in total. The molecule has 0 fully saturated rings. The van der Waals surface area contributed by atoms with Gasteiger partial charge in [0.2, 0.25) is 0 Å². The SMILES string of the molecule is Cc1cc(-c2ncc3c(n2)CNC3)cc(C)n1. The molecule has 0 aliphatic carbocycles. The summed E-state index contributed by atoms with van der Waals surface area (Å²) in [6, 6.07) is 4.05. The second-order valence-corrected chi connectivity index (χ2v) is 4.41. The summed E-state index contributed by atoms with van der Waals surface area (Å²) in [5.41, 5.74) is 5.37. The van der Waals surface area contributed by atoms with E-state index in [9.17, 15) is 0 Å². The van der Waals surface area contributed by atoms with Gasteiger partial charge in [-0.3, -0.25) is 4.98 Å². The van der Waals surface area contributed by atoms with E-state index in [1.165, 1.54) is 5.56 Å². The summed E-state index contributed by atoms with van der Waals surface area (Å²) >= 11 is 0. The van der Waals surface area contributed by atoms with Crippen LogP contribution >= 0.6 is 0 Å². The molecular formula is C13H14N4. The van der Waals surface area contributed by atoms with Crippen LogP contribution in [0.2, 0.25) is 0 Å². The van der Waals surface area contributed by atoms with Crippen molar-refractivity contribution in [1.29, 1.82) is 0 Å². The molecule has 86 valence electrons. The van der Waals surface area contributed by atoms with Gasteiger partial charge in [0, 0.05) is 41.8 Å². The summed E-state index contributed by atoms with van der Waals surface area (Å²) in [6.07, 6.45) is 1.92. The first-order valence-electron chi connectivity index (χ1n) is 5.73. The topological polar surface area (TPSA) is 50.7 Å². The highest BCUT2D eigenvalue weighted by Gasteiger charge is 2.13. The second kappa shape index (κ2) is 3.89. The van der Waals surface area contributed by atoms with Crippen LogP contribution in [0.1, 0.15) is 22.6 Å². The third-order valence-corrected chi connectivity index (χ3v) is 2.90. The van der Waals surface area contributed by atoms with Gasteiger partial charge >= 0.3 is 0 Å². The molecule has 1 aliphatic heterocycles. The summed E-state index contributed by atoms with van der Waals surface area (Å²) in [4.78, 5) is 13.4. The summed E-state index contributed by atoms with van der Waals surface area (Å²) in [5.74, 6) is 0.793. The fourth-order valence-corrected chi connectivity index (χ4v) is 2.16. The normalized spacial score (nSPS) is 13.8. The Kier molecular flexibility index (Phi) is 2.37. The molecule has 0 aromatic carbocycles. The molecule has 0 saturated carbocycles. The first-order chi connectivity index (χ1) is 8.22. The van der Waals surface area contributed by atoms with Crippen molar-refractivity contribution in [2.24, 2.45) is 0 Å². The van der Waals surface area contributed by atoms with E-state index in [0.29, 0.717) is 0 Å². The minimum absolute atomic E-state index is 0.793. The van der Waals surface area contributed by atoms with Crippen molar-refractivity contribution < 1.29 is 0 Å². The van der Waals surface area contributed by atoms with Gasteiger partial charge < -0.3 is 5.32 Å². The highest BCUT2D eigenvalue weighted by atomic mass is 15.0. The van der Waals surface area contributed by atoms with Crippen LogP contribution in [-0.4, -0.2) is 15.0 Å². The van der Waals surface area contributed by atoms with Crippen LogP contribution in [-0.2, 0) is 13.1 Å². The third kappa shape index (κ3) is 1.91. The molecule has 17 heavy (non-hydrogen) atoms. The number of rotatable bonds is 1. The Morgan fingerprint density at radius 3 is 2.59 bits per heavy atom. The van der Waals surface area contributed by atoms with E-state index in [2.05, 4.69) is 20.3 Å². The summed E-state index contributed by atoms with van der Waals surface area (Å²) in [7, 11) is 0. The zero-order valence-corrected chi connectivity index (χ0v) is 9.99. The van der Waals surface area contributed by atoms with Gasteiger partial charge in [0.15, 0.2) is 5.82 Å². The fraction of sp³-hybridized carbons (Fsp3) is 0.308. The first-order valence-corrected chi connectivity index (χ1v) is 5.73. The van der Waals surface area contributed by atoms with Crippen LogP contribution in [0.3, 0.4) is 0 Å². The molecule has 0 spiro atoms. The van der Waals surface area contributed by atoms with Crippen LogP contribution < -0.4 is 5.32 Å². The number of nitrogens with one attached hydrogen (secondary N) is 1. The Morgan fingerprint density at radius 1 is 1.06 bits per heavy atom. The van der Waals surface area contributed by atoms with E-state index >= 15 is 0 Å². The third-order valence-electron chi connectivity index (χ3n) is 2.90. The lowest BCUT2D eigenvalue weighted by Crippen LogP contribution is -2.00. The molecule has 4 nitrogen and oxygen atoms in total. The fourth-order valence-electron chi connectivity index (χ4n) is 2.16. The van der Waals surface area contributed by atoms with E-state index in [4.69, 9.17) is 0 Å².